The van der Waals surface area contributed by atoms with E-state index in [9.17, 15) is 8.42 Å². The maximum atomic E-state index is 13.2. The second-order valence-corrected chi connectivity index (χ2v) is 9.63. The lowest BCUT2D eigenvalue weighted by atomic mass is 10.3. The lowest BCUT2D eigenvalue weighted by Gasteiger charge is -2.19. The average molecular weight is 422 g/mol. The summed E-state index contributed by atoms with van der Waals surface area (Å²) in [5.74, 6) is 0.447. The molecule has 9 heteroatoms. The summed E-state index contributed by atoms with van der Waals surface area (Å²) in [6, 6.07) is 4.08. The van der Waals surface area contributed by atoms with Crippen molar-refractivity contribution in [2.75, 3.05) is 24.8 Å². The summed E-state index contributed by atoms with van der Waals surface area (Å²) in [4.78, 5) is 1.10. The first-order valence-corrected chi connectivity index (χ1v) is 11.7. The van der Waals surface area contributed by atoms with Crippen molar-refractivity contribution < 1.29 is 8.42 Å². The zero-order valence-corrected chi connectivity index (χ0v) is 16.9. The maximum absolute atomic E-state index is 13.2. The van der Waals surface area contributed by atoms with Gasteiger partial charge in [0.25, 0.3) is 0 Å². The third-order valence-electron chi connectivity index (χ3n) is 4.44. The zero-order chi connectivity index (χ0) is 17.9. The van der Waals surface area contributed by atoms with Crippen LogP contribution in [0.5, 0.6) is 0 Å². The fraction of sp³-hybridized carbons (Fsp3) is 0.562. The van der Waals surface area contributed by atoms with Gasteiger partial charge >= 0.3 is 0 Å². The van der Waals surface area contributed by atoms with E-state index in [1.807, 2.05) is 22.2 Å². The predicted octanol–water partition coefficient (Wildman–Crippen LogP) is 4.20. The number of halogens is 2. The van der Waals surface area contributed by atoms with Crippen LogP contribution in [0.25, 0.3) is 10.6 Å². The molecule has 0 atom stereocenters. The van der Waals surface area contributed by atoms with Crippen molar-refractivity contribution in [1.82, 2.24) is 14.1 Å². The Hall–Kier alpha value is -0.600. The smallest absolute Gasteiger partial charge is 0.246 e. The molecule has 2 aromatic rings. The molecule has 0 spiro atoms. The van der Waals surface area contributed by atoms with Gasteiger partial charge in [-0.15, -0.1) is 34.5 Å². The van der Waals surface area contributed by atoms with Gasteiger partial charge in [-0.05, 0) is 24.3 Å². The van der Waals surface area contributed by atoms with Crippen LogP contribution in [0, 0.1) is 0 Å². The molecule has 2 heterocycles. The van der Waals surface area contributed by atoms with Crippen LogP contribution >= 0.6 is 34.5 Å². The maximum Gasteiger partial charge on any atom is 0.246 e. The molecule has 1 aliphatic rings. The van der Waals surface area contributed by atoms with Crippen LogP contribution in [0.3, 0.4) is 0 Å². The molecule has 25 heavy (non-hydrogen) atoms. The molecule has 0 saturated heterocycles. The van der Waals surface area contributed by atoms with Gasteiger partial charge < -0.3 is 0 Å². The van der Waals surface area contributed by atoms with Crippen molar-refractivity contribution in [3.05, 3.63) is 23.7 Å². The minimum Gasteiger partial charge on any atom is -0.268 e. The second kappa shape index (κ2) is 8.39. The van der Waals surface area contributed by atoms with Gasteiger partial charge in [-0.1, -0.05) is 18.9 Å². The highest BCUT2D eigenvalue weighted by Gasteiger charge is 2.31. The van der Waals surface area contributed by atoms with E-state index < -0.39 is 10.0 Å². The van der Waals surface area contributed by atoms with Gasteiger partial charge in [0.15, 0.2) is 0 Å². The van der Waals surface area contributed by atoms with Gasteiger partial charge in [0.2, 0.25) is 10.0 Å². The molecule has 0 N–H and O–H groups in total. The molecule has 0 amide bonds. The molecule has 138 valence electrons. The Morgan fingerprint density at radius 2 is 1.92 bits per heavy atom. The van der Waals surface area contributed by atoms with Crippen LogP contribution in [-0.2, 0) is 10.0 Å². The Kier molecular flexibility index (Phi) is 6.44. The van der Waals surface area contributed by atoms with E-state index in [4.69, 9.17) is 23.2 Å². The minimum absolute atomic E-state index is 0.223. The summed E-state index contributed by atoms with van der Waals surface area (Å²) in [7, 11) is -3.70. The first-order valence-electron chi connectivity index (χ1n) is 8.33. The van der Waals surface area contributed by atoms with E-state index in [0.29, 0.717) is 5.69 Å². The number of nitrogens with zero attached hydrogens (tertiary/aromatic N) is 3. The van der Waals surface area contributed by atoms with Crippen molar-refractivity contribution in [1.29, 1.82) is 0 Å². The zero-order valence-electron chi connectivity index (χ0n) is 13.8. The quantitative estimate of drug-likeness (QED) is 0.600. The lowest BCUT2D eigenvalue weighted by molar-refractivity contribution is 0.446. The van der Waals surface area contributed by atoms with Crippen molar-refractivity contribution in [2.24, 2.45) is 0 Å². The molecule has 0 radical (unpaired) electrons. The van der Waals surface area contributed by atoms with Gasteiger partial charge in [0.05, 0.1) is 10.9 Å². The van der Waals surface area contributed by atoms with Gasteiger partial charge in [0.1, 0.15) is 10.6 Å². The van der Waals surface area contributed by atoms with Crippen LogP contribution < -0.4 is 0 Å². The predicted molar refractivity (Wildman–Crippen MR) is 103 cm³/mol. The summed E-state index contributed by atoms with van der Waals surface area (Å²) < 4.78 is 29.6. The minimum atomic E-state index is -3.70. The third-order valence-corrected chi connectivity index (χ3v) is 7.55. The Morgan fingerprint density at radius 1 is 1.24 bits per heavy atom. The molecular weight excluding hydrogens is 401 g/mol. The average Bonchev–Trinajstić information content (AvgIpc) is 3.33. The van der Waals surface area contributed by atoms with Crippen molar-refractivity contribution in [3.8, 4) is 10.6 Å². The van der Waals surface area contributed by atoms with E-state index in [2.05, 4.69) is 5.10 Å². The van der Waals surface area contributed by atoms with Crippen LogP contribution in [0.1, 0.15) is 31.7 Å². The van der Waals surface area contributed by atoms with Gasteiger partial charge in [0, 0.05) is 31.0 Å². The van der Waals surface area contributed by atoms with Crippen molar-refractivity contribution in [2.45, 2.75) is 36.6 Å². The van der Waals surface area contributed by atoms with E-state index >= 15 is 0 Å². The fourth-order valence-corrected chi connectivity index (χ4v) is 6.16. The number of alkyl halides is 2. The first-order chi connectivity index (χ1) is 12.1. The van der Waals surface area contributed by atoms with Gasteiger partial charge in [-0.25, -0.2) is 8.42 Å². The summed E-state index contributed by atoms with van der Waals surface area (Å²) in [6.45, 7) is 0.462. The third kappa shape index (κ3) is 4.06. The molecule has 2 aromatic heterocycles. The molecule has 1 fully saturated rings. The Bertz CT molecular complexity index is 778. The van der Waals surface area contributed by atoms with E-state index in [0.717, 1.165) is 30.6 Å². The fourth-order valence-electron chi connectivity index (χ4n) is 3.18. The molecule has 0 aromatic carbocycles. The van der Waals surface area contributed by atoms with Crippen LogP contribution in [0.15, 0.2) is 28.6 Å². The topological polar surface area (TPSA) is 55.2 Å². The number of hydrogen-bond acceptors (Lipinski definition) is 4. The van der Waals surface area contributed by atoms with E-state index in [1.54, 1.807) is 6.20 Å². The molecular formula is C16H21Cl2N3O2S2. The highest BCUT2D eigenvalue weighted by atomic mass is 35.5. The van der Waals surface area contributed by atoms with E-state index in [1.165, 1.54) is 15.6 Å². The Labute approximate surface area is 162 Å². The SMILES string of the molecule is O=S(=O)(c1cn(C2CCCC2)nc1-c1cccs1)N(CCCl)CCCl. The summed E-state index contributed by atoms with van der Waals surface area (Å²) in [5, 5.41) is 6.59. The molecule has 0 unspecified atom stereocenters. The van der Waals surface area contributed by atoms with Crippen molar-refractivity contribution in [3.63, 3.8) is 0 Å². The number of rotatable bonds is 8. The summed E-state index contributed by atoms with van der Waals surface area (Å²) in [6.07, 6.45) is 6.09. The number of sulfonamides is 1. The Balaban J connectivity index is 2.06. The summed E-state index contributed by atoms with van der Waals surface area (Å²) in [5.41, 5.74) is 0.524. The number of hydrogen-bond donors (Lipinski definition) is 0. The largest absolute Gasteiger partial charge is 0.268 e. The van der Waals surface area contributed by atoms with Gasteiger partial charge in [-0.3, -0.25) is 4.68 Å². The highest BCUT2D eigenvalue weighted by molar-refractivity contribution is 7.89. The molecule has 1 saturated carbocycles. The number of aromatic nitrogens is 2. The highest BCUT2D eigenvalue weighted by Crippen LogP contribution is 2.35. The second-order valence-electron chi connectivity index (χ2n) is 6.02. The molecule has 1 aliphatic carbocycles. The summed E-state index contributed by atoms with van der Waals surface area (Å²) >= 11 is 13.1. The molecule has 0 aliphatic heterocycles. The van der Waals surface area contributed by atoms with Crippen LogP contribution in [-0.4, -0.2) is 47.4 Å². The van der Waals surface area contributed by atoms with E-state index in [-0.39, 0.29) is 35.8 Å². The van der Waals surface area contributed by atoms with Crippen LogP contribution in [0.2, 0.25) is 0 Å². The molecule has 0 bridgehead atoms. The van der Waals surface area contributed by atoms with Gasteiger partial charge in [-0.2, -0.15) is 9.40 Å². The normalized spacial score (nSPS) is 16.1. The standard InChI is InChI=1S/C16H21Cl2N3O2S2/c17-7-9-20(10-8-18)25(22,23)15-12-21(13-4-1-2-5-13)19-16(15)14-6-3-11-24-14/h3,6,11-13H,1-2,4-5,7-10H2. The van der Waals surface area contributed by atoms with Crippen LogP contribution in [0.4, 0.5) is 0 Å². The first kappa shape index (κ1) is 19.2. The molecule has 3 rings (SSSR count). The Morgan fingerprint density at radius 3 is 2.48 bits per heavy atom. The molecule has 5 nitrogen and oxygen atoms in total. The monoisotopic (exact) mass is 421 g/mol. The van der Waals surface area contributed by atoms with Crippen molar-refractivity contribution >= 4 is 44.6 Å². The lowest BCUT2D eigenvalue weighted by Crippen LogP contribution is -2.34. The number of thiophene rings is 1.